The highest BCUT2D eigenvalue weighted by atomic mass is 16.5. The van der Waals surface area contributed by atoms with Crippen molar-refractivity contribution in [2.75, 3.05) is 25.4 Å². The quantitative estimate of drug-likeness (QED) is 0.675. The van der Waals surface area contributed by atoms with Crippen molar-refractivity contribution in [1.29, 1.82) is 0 Å². The molecule has 2 N–H and O–H groups in total. The zero-order valence-electron chi connectivity index (χ0n) is 12.4. The fourth-order valence-electron chi connectivity index (χ4n) is 2.61. The van der Waals surface area contributed by atoms with Gasteiger partial charge in [0.1, 0.15) is 0 Å². The normalized spacial score (nSPS) is 15.8. The number of carbonyl (C=O) groups is 2. The van der Waals surface area contributed by atoms with Crippen molar-refractivity contribution in [3.63, 3.8) is 0 Å². The average Bonchev–Trinajstić information content (AvgIpc) is 2.47. The number of nitrogen functional groups attached to an aromatic ring is 1. The lowest BCUT2D eigenvalue weighted by molar-refractivity contribution is -0.151. The third-order valence-corrected chi connectivity index (χ3v) is 3.77. The van der Waals surface area contributed by atoms with Crippen LogP contribution >= 0.6 is 0 Å². The summed E-state index contributed by atoms with van der Waals surface area (Å²) >= 11 is 0. The van der Waals surface area contributed by atoms with Gasteiger partial charge in [0.05, 0.1) is 18.9 Å². The summed E-state index contributed by atoms with van der Waals surface area (Å²) in [7, 11) is 0. The summed E-state index contributed by atoms with van der Waals surface area (Å²) in [5, 5.41) is 0. The van der Waals surface area contributed by atoms with Crippen LogP contribution in [0.25, 0.3) is 0 Å². The van der Waals surface area contributed by atoms with Crippen molar-refractivity contribution in [2.45, 2.75) is 26.2 Å². The molecule has 114 valence electrons. The van der Waals surface area contributed by atoms with E-state index < -0.39 is 0 Å². The number of rotatable bonds is 4. The number of likely N-dealkylation sites (tertiary alicyclic amines) is 1. The first-order chi connectivity index (χ1) is 10.1. The van der Waals surface area contributed by atoms with Crippen molar-refractivity contribution in [3.8, 4) is 0 Å². The Bertz CT molecular complexity index is 508. The minimum atomic E-state index is -0.138. The second-order valence-corrected chi connectivity index (χ2v) is 5.33. The van der Waals surface area contributed by atoms with Crippen LogP contribution in [0.4, 0.5) is 5.69 Å². The third-order valence-electron chi connectivity index (χ3n) is 3.77. The molecule has 0 aliphatic carbocycles. The van der Waals surface area contributed by atoms with Crippen LogP contribution in [0.1, 0.15) is 25.3 Å². The summed E-state index contributed by atoms with van der Waals surface area (Å²) < 4.78 is 5.03. The molecule has 0 bridgehead atoms. The zero-order valence-corrected chi connectivity index (χ0v) is 12.4. The highest BCUT2D eigenvalue weighted by Gasteiger charge is 2.28. The highest BCUT2D eigenvalue weighted by molar-refractivity contribution is 5.79. The predicted octanol–water partition coefficient (Wildman–Crippen LogP) is 1.61. The number of hydrogen-bond donors (Lipinski definition) is 1. The van der Waals surface area contributed by atoms with Gasteiger partial charge >= 0.3 is 5.97 Å². The molecule has 1 saturated heterocycles. The Kier molecular flexibility index (Phi) is 5.20. The lowest BCUT2D eigenvalue weighted by Crippen LogP contribution is -2.41. The fraction of sp³-hybridized carbons (Fsp3) is 0.500. The molecule has 1 fully saturated rings. The van der Waals surface area contributed by atoms with Gasteiger partial charge in [0.15, 0.2) is 0 Å². The molecule has 0 unspecified atom stereocenters. The number of ether oxygens (including phenoxy) is 1. The van der Waals surface area contributed by atoms with Gasteiger partial charge in [-0.15, -0.1) is 0 Å². The predicted molar refractivity (Wildman–Crippen MR) is 80.5 cm³/mol. The van der Waals surface area contributed by atoms with Gasteiger partial charge in [0, 0.05) is 18.8 Å². The Balaban J connectivity index is 1.84. The summed E-state index contributed by atoms with van der Waals surface area (Å²) in [6.45, 7) is 3.45. The average molecular weight is 290 g/mol. The van der Waals surface area contributed by atoms with E-state index in [0.717, 1.165) is 5.56 Å². The van der Waals surface area contributed by atoms with Gasteiger partial charge < -0.3 is 15.4 Å². The topological polar surface area (TPSA) is 72.6 Å². The maximum absolute atomic E-state index is 12.2. The lowest BCUT2D eigenvalue weighted by atomic mass is 9.96. The van der Waals surface area contributed by atoms with Gasteiger partial charge in [-0.1, -0.05) is 12.1 Å². The molecule has 0 spiro atoms. The monoisotopic (exact) mass is 290 g/mol. The molecule has 0 saturated carbocycles. The molecule has 1 heterocycles. The first kappa shape index (κ1) is 15.4. The summed E-state index contributed by atoms with van der Waals surface area (Å²) in [5.41, 5.74) is 7.31. The number of nitrogens with zero attached hydrogens (tertiary/aromatic N) is 1. The Morgan fingerprint density at radius 3 is 2.67 bits per heavy atom. The van der Waals surface area contributed by atoms with Crippen molar-refractivity contribution < 1.29 is 14.3 Å². The smallest absolute Gasteiger partial charge is 0.309 e. The van der Waals surface area contributed by atoms with Crippen LogP contribution in [-0.2, 0) is 20.7 Å². The molecule has 1 aromatic rings. The molecular weight excluding hydrogens is 268 g/mol. The second kappa shape index (κ2) is 7.11. The number of esters is 1. The van der Waals surface area contributed by atoms with Crippen LogP contribution < -0.4 is 5.73 Å². The number of anilines is 1. The standard InChI is InChI=1S/C16H22N2O3/c1-2-21-16(20)13-6-8-18(9-7-13)15(19)11-12-4-3-5-14(17)10-12/h3-5,10,13H,2,6-9,11,17H2,1H3. The Morgan fingerprint density at radius 2 is 2.05 bits per heavy atom. The lowest BCUT2D eigenvalue weighted by Gasteiger charge is -2.31. The molecule has 0 atom stereocenters. The van der Waals surface area contributed by atoms with Crippen LogP contribution in [0.2, 0.25) is 0 Å². The Labute approximate surface area is 125 Å². The summed E-state index contributed by atoms with van der Waals surface area (Å²) in [5.74, 6) is -0.121. The molecule has 5 heteroatoms. The molecule has 0 radical (unpaired) electrons. The maximum Gasteiger partial charge on any atom is 0.309 e. The zero-order chi connectivity index (χ0) is 15.2. The highest BCUT2D eigenvalue weighted by Crippen LogP contribution is 2.19. The molecule has 21 heavy (non-hydrogen) atoms. The van der Waals surface area contributed by atoms with Crippen LogP contribution in [0.3, 0.4) is 0 Å². The van der Waals surface area contributed by atoms with E-state index in [9.17, 15) is 9.59 Å². The molecule has 1 aromatic carbocycles. The molecule has 0 aromatic heterocycles. The van der Waals surface area contributed by atoms with Crippen molar-refractivity contribution in [2.24, 2.45) is 5.92 Å². The van der Waals surface area contributed by atoms with Gasteiger partial charge in [-0.25, -0.2) is 0 Å². The van der Waals surface area contributed by atoms with Crippen molar-refractivity contribution in [3.05, 3.63) is 29.8 Å². The van der Waals surface area contributed by atoms with E-state index in [0.29, 0.717) is 44.6 Å². The van der Waals surface area contributed by atoms with Gasteiger partial charge in [-0.3, -0.25) is 9.59 Å². The first-order valence-corrected chi connectivity index (χ1v) is 7.39. The van der Waals surface area contributed by atoms with E-state index in [2.05, 4.69) is 0 Å². The Hall–Kier alpha value is -2.04. The first-order valence-electron chi connectivity index (χ1n) is 7.39. The van der Waals surface area contributed by atoms with Crippen molar-refractivity contribution >= 4 is 17.6 Å². The fourth-order valence-corrected chi connectivity index (χ4v) is 2.61. The Morgan fingerprint density at radius 1 is 1.33 bits per heavy atom. The molecule has 1 aliphatic heterocycles. The maximum atomic E-state index is 12.2. The van der Waals surface area contributed by atoms with Crippen LogP contribution in [0.5, 0.6) is 0 Å². The number of benzene rings is 1. The number of carbonyl (C=O) groups excluding carboxylic acids is 2. The number of amides is 1. The number of nitrogens with two attached hydrogens (primary N) is 1. The van der Waals surface area contributed by atoms with Crippen LogP contribution in [0.15, 0.2) is 24.3 Å². The number of hydrogen-bond acceptors (Lipinski definition) is 4. The van der Waals surface area contributed by atoms with E-state index in [4.69, 9.17) is 10.5 Å². The molecule has 1 amide bonds. The third kappa shape index (κ3) is 4.21. The van der Waals surface area contributed by atoms with E-state index in [-0.39, 0.29) is 17.8 Å². The molecule has 5 nitrogen and oxygen atoms in total. The second-order valence-electron chi connectivity index (χ2n) is 5.33. The van der Waals surface area contributed by atoms with E-state index in [1.54, 1.807) is 6.07 Å². The van der Waals surface area contributed by atoms with Crippen molar-refractivity contribution in [1.82, 2.24) is 4.90 Å². The minimum Gasteiger partial charge on any atom is -0.466 e. The van der Waals surface area contributed by atoms with Crippen LogP contribution in [0, 0.1) is 5.92 Å². The summed E-state index contributed by atoms with van der Waals surface area (Å²) in [4.78, 5) is 25.7. The van der Waals surface area contributed by atoms with E-state index in [1.165, 1.54) is 0 Å². The largest absolute Gasteiger partial charge is 0.466 e. The van der Waals surface area contributed by atoms with Gasteiger partial charge in [-0.05, 0) is 37.5 Å². The summed E-state index contributed by atoms with van der Waals surface area (Å²) in [6, 6.07) is 7.38. The van der Waals surface area contributed by atoms with Gasteiger partial charge in [0.2, 0.25) is 5.91 Å². The van der Waals surface area contributed by atoms with E-state index in [1.807, 2.05) is 30.0 Å². The SMILES string of the molecule is CCOC(=O)C1CCN(C(=O)Cc2cccc(N)c2)CC1. The van der Waals surface area contributed by atoms with E-state index >= 15 is 0 Å². The molecule has 1 aliphatic rings. The summed E-state index contributed by atoms with van der Waals surface area (Å²) in [6.07, 6.45) is 1.72. The van der Waals surface area contributed by atoms with Gasteiger partial charge in [0.25, 0.3) is 0 Å². The number of piperidine rings is 1. The minimum absolute atomic E-state index is 0.0682. The molecule has 2 rings (SSSR count). The van der Waals surface area contributed by atoms with Crippen LogP contribution in [-0.4, -0.2) is 36.5 Å². The molecular formula is C16H22N2O3. The van der Waals surface area contributed by atoms with Gasteiger partial charge in [-0.2, -0.15) is 0 Å².